The zero-order chi connectivity index (χ0) is 96.6. The van der Waals surface area contributed by atoms with Gasteiger partial charge in [0.1, 0.15) is 56.5 Å². The molecule has 0 amide bonds. The van der Waals surface area contributed by atoms with Crippen molar-refractivity contribution in [3.05, 3.63) is 443 Å². The Morgan fingerprint density at radius 2 is 0.500 bits per heavy atom. The Hall–Kier alpha value is -16.4. The maximum atomic E-state index is 13.9. The van der Waals surface area contributed by atoms with Crippen molar-refractivity contribution in [2.75, 3.05) is 11.5 Å². The first-order valence-electron chi connectivity index (χ1n) is 44.1. The third-order valence-electron chi connectivity index (χ3n) is 24.1. The van der Waals surface area contributed by atoms with Crippen molar-refractivity contribution in [3.63, 3.8) is 0 Å². The first-order chi connectivity index (χ1) is 67.9. The Bertz CT molecular complexity index is 8330. The highest BCUT2D eigenvalue weighted by molar-refractivity contribution is 9.10. The monoisotopic (exact) mass is 1980 g/mol. The number of pyridine rings is 2. The van der Waals surface area contributed by atoms with Gasteiger partial charge in [0.05, 0.1) is 81.5 Å². The van der Waals surface area contributed by atoms with Crippen molar-refractivity contribution in [2.24, 2.45) is 0 Å². The van der Waals surface area contributed by atoms with Crippen LogP contribution >= 0.6 is 62.3 Å². The van der Waals surface area contributed by atoms with E-state index >= 15 is 0 Å². The molecule has 0 radical (unpaired) electrons. The van der Waals surface area contributed by atoms with Crippen molar-refractivity contribution < 1.29 is 9.31 Å². The lowest BCUT2D eigenvalue weighted by Gasteiger charge is -2.32. The predicted octanol–water partition coefficient (Wildman–Crippen LogP) is 21.9. The quantitative estimate of drug-likeness (QED) is 0.0901. The van der Waals surface area contributed by atoms with Crippen LogP contribution in [-0.2, 0) is 9.31 Å². The Balaban J connectivity index is 0.000000115. The fraction of sp³-hybridized carbons (Fsp3) is 0.0556. The third-order valence-corrected chi connectivity index (χ3v) is 25.6. The van der Waals surface area contributed by atoms with Crippen LogP contribution in [0.1, 0.15) is 27.7 Å². The largest absolute Gasteiger partial charge is 0.494 e. The highest BCUT2D eigenvalue weighted by atomic mass is 79.9. The lowest BCUT2D eigenvalue weighted by atomic mass is 9.79. The molecule has 0 atom stereocenters. The molecule has 0 unspecified atom stereocenters. The lowest BCUT2D eigenvalue weighted by molar-refractivity contribution is 0.00578. The maximum Gasteiger partial charge on any atom is 0.494 e. The Kier molecular flexibility index (Phi) is 25.2. The van der Waals surface area contributed by atoms with E-state index in [1.807, 2.05) is 258 Å². The highest BCUT2D eigenvalue weighted by Gasteiger charge is 2.52. The van der Waals surface area contributed by atoms with Crippen molar-refractivity contribution >= 4 is 131 Å². The molecule has 26 nitrogen and oxygen atoms in total. The van der Waals surface area contributed by atoms with E-state index in [2.05, 4.69) is 46.3 Å². The van der Waals surface area contributed by atoms with E-state index in [0.29, 0.717) is 122 Å². The average molecular weight is 1980 g/mol. The molecule has 10 aromatic heterocycles. The fourth-order valence-electron chi connectivity index (χ4n) is 16.1. The average Bonchev–Trinajstić information content (AvgIpc) is 1.43. The molecule has 1 aliphatic heterocycles. The van der Waals surface area contributed by atoms with Gasteiger partial charge in [0.2, 0.25) is 0 Å². The molecule has 0 bridgehead atoms. The van der Waals surface area contributed by atoms with Gasteiger partial charge in [-0.2, -0.15) is 20.4 Å². The lowest BCUT2D eigenvalue weighted by Crippen LogP contribution is -2.41. The minimum atomic E-state index is -0.484. The normalized spacial score (nSPS) is 12.5. The molecule has 0 saturated carbocycles. The number of benzene rings is 12. The first kappa shape index (κ1) is 91.3. The number of hydrogen-bond acceptors (Lipinski definition) is 18. The predicted molar refractivity (Wildman–Crippen MR) is 558 cm³/mol. The van der Waals surface area contributed by atoms with Crippen LogP contribution in [0.3, 0.4) is 0 Å². The van der Waals surface area contributed by atoms with Gasteiger partial charge in [0.25, 0.3) is 22.2 Å². The topological polar surface area (TPSA) is 307 Å². The molecule has 32 heteroatoms. The van der Waals surface area contributed by atoms with Gasteiger partial charge in [0.15, 0.2) is 22.6 Å². The molecule has 1 saturated heterocycles. The highest BCUT2D eigenvalue weighted by Crippen LogP contribution is 2.39. The van der Waals surface area contributed by atoms with E-state index < -0.39 is 18.3 Å². The minimum absolute atomic E-state index is 0.192. The molecule has 0 spiro atoms. The van der Waals surface area contributed by atoms with Crippen molar-refractivity contribution in [1.82, 2.24) is 87.3 Å². The van der Waals surface area contributed by atoms with Gasteiger partial charge in [-0.25, -0.2) is 48.6 Å². The van der Waals surface area contributed by atoms with Gasteiger partial charge in [-0.1, -0.05) is 220 Å². The van der Waals surface area contributed by atoms with Crippen LogP contribution in [-0.4, -0.2) is 106 Å². The zero-order valence-electron chi connectivity index (χ0n) is 74.9. The molecule has 4 N–H and O–H groups in total. The van der Waals surface area contributed by atoms with E-state index in [4.69, 9.17) is 87.1 Å². The summed E-state index contributed by atoms with van der Waals surface area (Å²) in [6.45, 7) is 8.12. The number of nitrogen functional groups attached to an aromatic ring is 2. The summed E-state index contributed by atoms with van der Waals surface area (Å²) in [7, 11) is -0.484. The Morgan fingerprint density at radius 1 is 0.271 bits per heavy atom. The van der Waals surface area contributed by atoms with Gasteiger partial charge in [-0.05, 0) is 226 Å². The number of nitrogens with two attached hydrogens (primary N) is 2. The summed E-state index contributed by atoms with van der Waals surface area (Å²) >= 11 is 27.9. The summed E-state index contributed by atoms with van der Waals surface area (Å²) in [5, 5.41) is 21.9. The van der Waals surface area contributed by atoms with Crippen LogP contribution in [0.25, 0.3) is 157 Å². The summed E-state index contributed by atoms with van der Waals surface area (Å²) in [5.41, 5.74) is 25.5. The molecule has 11 heterocycles. The van der Waals surface area contributed by atoms with Crippen molar-refractivity contribution in [3.8, 4) is 113 Å². The van der Waals surface area contributed by atoms with Crippen LogP contribution in [0.2, 0.25) is 20.1 Å². The summed E-state index contributed by atoms with van der Waals surface area (Å²) in [6, 6.07) is 105. The molecule has 140 heavy (non-hydrogen) atoms. The van der Waals surface area contributed by atoms with E-state index in [1.165, 1.54) is 0 Å². The van der Waals surface area contributed by atoms with Crippen LogP contribution in [0, 0.1) is 0 Å². The molecule has 684 valence electrons. The molecule has 0 aliphatic carbocycles. The van der Waals surface area contributed by atoms with Gasteiger partial charge >= 0.3 is 7.12 Å². The SMILES string of the molecule is CC1(C)OB(c2ccc(-c3nc4c(cnn4-c4ccccc4)c(=O)n3-c3ccc(Cl)cc3)cc2)OC1(C)C.Nc1ccc(-c2ccc(-c3nc4c(cnn4-c4ccccc4)c(=O)n3-c3ccc(Cl)cc3)cc2)cn1.Nc1ccc(-c2ccc(-c3nc4c(cnn4-c4ccccc4)c(=O)n3-c3ccc(Cl)cc3)cc2)cn1.O=c1c2cnn(-c3ccccc3)c2nc(-c2ccc(Br)cc2)n1-c1ccc(Cl)cc1. The van der Waals surface area contributed by atoms with Gasteiger partial charge in [-0.15, -0.1) is 0 Å². The maximum absolute atomic E-state index is 13.9. The third kappa shape index (κ3) is 18.3. The molecule has 22 aromatic rings. The van der Waals surface area contributed by atoms with Crippen LogP contribution in [0.5, 0.6) is 0 Å². The summed E-state index contributed by atoms with van der Waals surface area (Å²) in [5.74, 6) is 2.94. The number of para-hydroxylation sites is 4. The number of nitrogens with zero attached hydrogens (tertiary/aromatic N) is 18. The zero-order valence-corrected chi connectivity index (χ0v) is 79.5. The fourth-order valence-corrected chi connectivity index (χ4v) is 16.9. The van der Waals surface area contributed by atoms with Crippen LogP contribution in [0.4, 0.5) is 11.6 Å². The molecule has 1 aliphatic rings. The second kappa shape index (κ2) is 38.6. The number of aromatic nitrogens is 18. The van der Waals surface area contributed by atoms with E-state index in [9.17, 15) is 19.2 Å². The number of hydrogen-bond donors (Lipinski definition) is 2. The summed E-state index contributed by atoms with van der Waals surface area (Å²) in [4.78, 5) is 83.1. The number of fused-ring (bicyclic) bond motifs is 4. The van der Waals surface area contributed by atoms with Crippen molar-refractivity contribution in [2.45, 2.75) is 38.9 Å². The molecule has 23 rings (SSSR count). The number of rotatable bonds is 15. The standard InChI is InChI=1S/C29H26BClN4O3.2C28H19ClN6O.C23H14BrClN4O/c1-28(2)29(3,4)38-30(37-28)20-12-10-19(11-13-20)25-33-26-24(18-32-35(26)23-8-6-5-7-9-23)27(36)34(25)22-16-14-21(31)15-17-22;2*29-21-11-13-22(14-12-21)34-26(19-8-6-18(7-9-19)20-10-15-25(30)31-16-20)33-27-24(28(34)36)17-32-35(27)23-4-2-1-3-5-23;24-16-8-6-15(7-9-16)21-27-22-20(14-26-29(22)19-4-2-1-3-5-19)23(30)28(21)18-12-10-17(25)11-13-18/h5-18H,1-4H3;2*1-17H,(H2,30,31);1-14H. The number of anilines is 2. The van der Waals surface area contributed by atoms with Crippen LogP contribution < -0.4 is 39.2 Å². The van der Waals surface area contributed by atoms with E-state index in [1.54, 1.807) is 183 Å². The molecular weight excluding hydrogens is 1910 g/mol. The van der Waals surface area contributed by atoms with Gasteiger partial charge in [0, 0.05) is 70.3 Å². The Labute approximate surface area is 827 Å². The minimum Gasteiger partial charge on any atom is -0.399 e. The Morgan fingerprint density at radius 3 is 0.743 bits per heavy atom. The molecular formula is C108H78BBrCl4N20O6. The molecule has 12 aromatic carbocycles. The van der Waals surface area contributed by atoms with Gasteiger partial charge in [-0.3, -0.25) is 37.4 Å². The number of halogens is 5. The van der Waals surface area contributed by atoms with Gasteiger partial charge < -0.3 is 20.8 Å². The summed E-state index contributed by atoms with van der Waals surface area (Å²) in [6.07, 6.45) is 9.72. The first-order valence-corrected chi connectivity index (χ1v) is 46.4. The van der Waals surface area contributed by atoms with Crippen molar-refractivity contribution in [1.29, 1.82) is 0 Å². The van der Waals surface area contributed by atoms with E-state index in [0.717, 1.165) is 77.2 Å². The van der Waals surface area contributed by atoms with E-state index in [-0.39, 0.29) is 22.2 Å². The summed E-state index contributed by atoms with van der Waals surface area (Å²) < 4.78 is 26.5. The molecule has 1 fully saturated rings. The second-order valence-corrected chi connectivity index (χ2v) is 36.2. The second-order valence-electron chi connectivity index (χ2n) is 33.5. The smallest absolute Gasteiger partial charge is 0.399 e. The van der Waals surface area contributed by atoms with Crippen LogP contribution in [0.15, 0.2) is 401 Å².